The van der Waals surface area contributed by atoms with E-state index in [0.29, 0.717) is 13.1 Å². The summed E-state index contributed by atoms with van der Waals surface area (Å²) in [5.41, 5.74) is 7.62. The standard InChI is InChI=1S/C15H22N2O3.ClH/c1-10-3-4-11(14(7-10)19-2)9-17-15(18)13-6-5-12(8-16)20-13;/h3-4,7,12-13H,5-6,8-9,16H2,1-2H3,(H,17,18);1H/t12-,13+;/m1./s1. The summed E-state index contributed by atoms with van der Waals surface area (Å²) in [4.78, 5) is 12.0. The normalized spacial score (nSPS) is 20.7. The maximum Gasteiger partial charge on any atom is 0.249 e. The third kappa shape index (κ3) is 4.59. The van der Waals surface area contributed by atoms with Crippen molar-refractivity contribution in [3.8, 4) is 5.75 Å². The van der Waals surface area contributed by atoms with Crippen LogP contribution in [0.1, 0.15) is 24.0 Å². The first-order chi connectivity index (χ1) is 9.63. The van der Waals surface area contributed by atoms with E-state index in [9.17, 15) is 4.79 Å². The molecule has 1 aliphatic heterocycles. The SMILES string of the molecule is COc1cc(C)ccc1CNC(=O)[C@@H]1CC[C@H](CN)O1.Cl. The molecule has 0 radical (unpaired) electrons. The Kier molecular flexibility index (Phi) is 6.95. The van der Waals surface area contributed by atoms with Gasteiger partial charge in [0.2, 0.25) is 5.91 Å². The fraction of sp³-hybridized carbons (Fsp3) is 0.533. The maximum atomic E-state index is 12.0. The second-order valence-electron chi connectivity index (χ2n) is 5.09. The van der Waals surface area contributed by atoms with E-state index in [4.69, 9.17) is 15.2 Å². The summed E-state index contributed by atoms with van der Waals surface area (Å²) in [6.45, 7) is 2.91. The molecule has 2 atom stereocenters. The van der Waals surface area contributed by atoms with Crippen molar-refractivity contribution in [1.29, 1.82) is 0 Å². The van der Waals surface area contributed by atoms with E-state index in [1.807, 2.05) is 25.1 Å². The van der Waals surface area contributed by atoms with Crippen LogP contribution >= 0.6 is 12.4 Å². The number of methoxy groups -OCH3 is 1. The van der Waals surface area contributed by atoms with Gasteiger partial charge in [-0.25, -0.2) is 0 Å². The van der Waals surface area contributed by atoms with E-state index < -0.39 is 0 Å². The molecule has 1 aromatic rings. The molecule has 1 aliphatic rings. The molecule has 0 spiro atoms. The minimum Gasteiger partial charge on any atom is -0.496 e. The topological polar surface area (TPSA) is 73.6 Å². The number of rotatable bonds is 5. The van der Waals surface area contributed by atoms with E-state index >= 15 is 0 Å². The molecule has 6 heteroatoms. The number of amides is 1. The molecule has 2 rings (SSSR count). The zero-order valence-electron chi connectivity index (χ0n) is 12.4. The number of hydrogen-bond donors (Lipinski definition) is 2. The lowest BCUT2D eigenvalue weighted by Crippen LogP contribution is -2.35. The van der Waals surface area contributed by atoms with E-state index in [-0.39, 0.29) is 30.5 Å². The highest BCUT2D eigenvalue weighted by molar-refractivity contribution is 5.85. The predicted molar refractivity (Wildman–Crippen MR) is 83.8 cm³/mol. The van der Waals surface area contributed by atoms with Crippen LogP contribution in [-0.4, -0.2) is 31.8 Å². The van der Waals surface area contributed by atoms with Gasteiger partial charge in [0.15, 0.2) is 0 Å². The lowest BCUT2D eigenvalue weighted by Gasteiger charge is -2.14. The van der Waals surface area contributed by atoms with Gasteiger partial charge >= 0.3 is 0 Å². The monoisotopic (exact) mass is 314 g/mol. The highest BCUT2D eigenvalue weighted by atomic mass is 35.5. The van der Waals surface area contributed by atoms with Crippen molar-refractivity contribution in [2.24, 2.45) is 5.73 Å². The van der Waals surface area contributed by atoms with Gasteiger partial charge in [0.05, 0.1) is 13.2 Å². The summed E-state index contributed by atoms with van der Waals surface area (Å²) in [5, 5.41) is 2.89. The Bertz CT molecular complexity index is 482. The number of carbonyl (C=O) groups excluding carboxylic acids is 1. The highest BCUT2D eigenvalue weighted by Gasteiger charge is 2.29. The van der Waals surface area contributed by atoms with Crippen LogP contribution < -0.4 is 15.8 Å². The minimum absolute atomic E-state index is 0. The maximum absolute atomic E-state index is 12.0. The van der Waals surface area contributed by atoms with Gasteiger partial charge in [-0.3, -0.25) is 4.79 Å². The Morgan fingerprint density at radius 2 is 2.24 bits per heavy atom. The van der Waals surface area contributed by atoms with Crippen LogP contribution in [0.2, 0.25) is 0 Å². The summed E-state index contributed by atoms with van der Waals surface area (Å²) in [6.07, 6.45) is 1.22. The minimum atomic E-state index is -0.375. The van der Waals surface area contributed by atoms with Crippen LogP contribution in [0.3, 0.4) is 0 Å². The summed E-state index contributed by atoms with van der Waals surface area (Å²) in [6, 6.07) is 5.92. The second kappa shape index (κ2) is 8.22. The van der Waals surface area contributed by atoms with Gasteiger partial charge in [0.25, 0.3) is 0 Å². The molecular formula is C15H23ClN2O3. The van der Waals surface area contributed by atoms with Crippen molar-refractivity contribution >= 4 is 18.3 Å². The fourth-order valence-corrected chi connectivity index (χ4v) is 2.37. The third-order valence-electron chi connectivity index (χ3n) is 3.56. The Morgan fingerprint density at radius 3 is 2.86 bits per heavy atom. The number of halogens is 1. The number of nitrogens with two attached hydrogens (primary N) is 1. The van der Waals surface area contributed by atoms with Gasteiger partial charge in [-0.2, -0.15) is 0 Å². The first-order valence-corrected chi connectivity index (χ1v) is 6.90. The van der Waals surface area contributed by atoms with Crippen molar-refractivity contribution < 1.29 is 14.3 Å². The zero-order chi connectivity index (χ0) is 14.5. The Hall–Kier alpha value is -1.30. The van der Waals surface area contributed by atoms with Gasteiger partial charge in [0, 0.05) is 18.7 Å². The highest BCUT2D eigenvalue weighted by Crippen LogP contribution is 2.21. The van der Waals surface area contributed by atoms with Crippen molar-refractivity contribution in [2.75, 3.05) is 13.7 Å². The zero-order valence-corrected chi connectivity index (χ0v) is 13.2. The van der Waals surface area contributed by atoms with E-state index in [1.165, 1.54) is 0 Å². The Balaban J connectivity index is 0.00000220. The average molecular weight is 315 g/mol. The van der Waals surface area contributed by atoms with E-state index in [1.54, 1.807) is 7.11 Å². The number of aryl methyl sites for hydroxylation is 1. The number of hydrogen-bond acceptors (Lipinski definition) is 4. The predicted octanol–water partition coefficient (Wildman–Crippen LogP) is 1.55. The molecule has 0 aromatic heterocycles. The number of benzene rings is 1. The van der Waals surface area contributed by atoms with Crippen LogP contribution in [0.15, 0.2) is 18.2 Å². The van der Waals surface area contributed by atoms with Crippen LogP contribution in [0.4, 0.5) is 0 Å². The molecule has 118 valence electrons. The van der Waals surface area contributed by atoms with Crippen LogP contribution in [-0.2, 0) is 16.1 Å². The Morgan fingerprint density at radius 1 is 1.48 bits per heavy atom. The van der Waals surface area contributed by atoms with Crippen molar-refractivity contribution in [1.82, 2.24) is 5.32 Å². The fourth-order valence-electron chi connectivity index (χ4n) is 2.37. The quantitative estimate of drug-likeness (QED) is 0.865. The summed E-state index contributed by atoms with van der Waals surface area (Å²) in [5.74, 6) is 0.709. The van der Waals surface area contributed by atoms with Crippen molar-refractivity contribution in [3.63, 3.8) is 0 Å². The third-order valence-corrected chi connectivity index (χ3v) is 3.56. The molecule has 0 saturated carbocycles. The second-order valence-corrected chi connectivity index (χ2v) is 5.09. The largest absolute Gasteiger partial charge is 0.496 e. The van der Waals surface area contributed by atoms with E-state index in [0.717, 1.165) is 29.7 Å². The lowest BCUT2D eigenvalue weighted by molar-refractivity contribution is -0.132. The molecule has 1 amide bonds. The molecule has 1 saturated heterocycles. The molecule has 1 aromatic carbocycles. The summed E-state index contributed by atoms with van der Waals surface area (Å²) in [7, 11) is 1.63. The molecule has 0 bridgehead atoms. The van der Waals surface area contributed by atoms with Crippen molar-refractivity contribution in [3.05, 3.63) is 29.3 Å². The summed E-state index contributed by atoms with van der Waals surface area (Å²) < 4.78 is 10.9. The molecule has 0 unspecified atom stereocenters. The smallest absolute Gasteiger partial charge is 0.249 e. The van der Waals surface area contributed by atoms with Gasteiger partial charge < -0.3 is 20.5 Å². The van der Waals surface area contributed by atoms with Crippen LogP contribution in [0, 0.1) is 6.92 Å². The van der Waals surface area contributed by atoms with Gasteiger partial charge in [-0.05, 0) is 31.4 Å². The molecule has 1 fully saturated rings. The first-order valence-electron chi connectivity index (χ1n) is 6.90. The van der Waals surface area contributed by atoms with Gasteiger partial charge in [-0.1, -0.05) is 12.1 Å². The molecule has 0 aliphatic carbocycles. The molecule has 3 N–H and O–H groups in total. The number of nitrogens with one attached hydrogen (secondary N) is 1. The Labute approximate surface area is 131 Å². The molecular weight excluding hydrogens is 292 g/mol. The van der Waals surface area contributed by atoms with Crippen molar-refractivity contribution in [2.45, 2.75) is 38.5 Å². The molecule has 5 nitrogen and oxygen atoms in total. The van der Waals surface area contributed by atoms with Gasteiger partial charge in [0.1, 0.15) is 11.9 Å². The van der Waals surface area contributed by atoms with Crippen LogP contribution in [0.25, 0.3) is 0 Å². The average Bonchev–Trinajstić information content (AvgIpc) is 2.94. The lowest BCUT2D eigenvalue weighted by atomic mass is 10.1. The van der Waals surface area contributed by atoms with Gasteiger partial charge in [-0.15, -0.1) is 12.4 Å². The summed E-state index contributed by atoms with van der Waals surface area (Å²) >= 11 is 0. The van der Waals surface area contributed by atoms with Crippen LogP contribution in [0.5, 0.6) is 5.75 Å². The first kappa shape index (κ1) is 17.8. The number of ether oxygens (including phenoxy) is 2. The van der Waals surface area contributed by atoms with E-state index in [2.05, 4.69) is 5.32 Å². The molecule has 21 heavy (non-hydrogen) atoms. The number of carbonyl (C=O) groups is 1. The molecule has 1 heterocycles.